The van der Waals surface area contributed by atoms with Gasteiger partial charge in [0.25, 0.3) is 0 Å². The largest absolute Gasteiger partial charge is 0.368 e. The lowest BCUT2D eigenvalue weighted by molar-refractivity contribution is 0.163. The molecule has 1 aromatic heterocycles. The standard InChI is InChI=1S/C17H28N6/c1-11(2)23(9-14-8-12-5-6-13(14)7-12)10-15-19-16(18)21-17(20-15)22(3)4/h5-6,11-14H,7-10H2,1-4H3,(H2,18,19,20,21). The van der Waals surface area contributed by atoms with Crippen LogP contribution in [0, 0.1) is 17.8 Å². The maximum atomic E-state index is 5.85. The van der Waals surface area contributed by atoms with Crippen LogP contribution >= 0.6 is 0 Å². The summed E-state index contributed by atoms with van der Waals surface area (Å²) in [5, 5.41) is 0. The van der Waals surface area contributed by atoms with Gasteiger partial charge >= 0.3 is 0 Å². The maximum Gasteiger partial charge on any atom is 0.229 e. The molecule has 23 heavy (non-hydrogen) atoms. The SMILES string of the molecule is CC(C)N(Cc1nc(N)nc(N(C)C)n1)CC1CC2C=CC1C2. The molecular formula is C17H28N6. The summed E-state index contributed by atoms with van der Waals surface area (Å²) in [6.45, 7) is 6.30. The second-order valence-corrected chi connectivity index (χ2v) is 7.37. The second kappa shape index (κ2) is 6.43. The topological polar surface area (TPSA) is 71.2 Å². The Bertz CT molecular complexity index is 582. The van der Waals surface area contributed by atoms with Gasteiger partial charge in [-0.25, -0.2) is 0 Å². The molecule has 3 atom stereocenters. The van der Waals surface area contributed by atoms with E-state index in [9.17, 15) is 0 Å². The smallest absolute Gasteiger partial charge is 0.229 e. The van der Waals surface area contributed by atoms with Gasteiger partial charge in [0.2, 0.25) is 11.9 Å². The summed E-state index contributed by atoms with van der Waals surface area (Å²) in [7, 11) is 3.83. The van der Waals surface area contributed by atoms with Crippen molar-refractivity contribution in [3.63, 3.8) is 0 Å². The number of fused-ring (bicyclic) bond motifs is 2. The molecule has 0 amide bonds. The summed E-state index contributed by atoms with van der Waals surface area (Å²) >= 11 is 0. The van der Waals surface area contributed by atoms with Gasteiger partial charge < -0.3 is 10.6 Å². The molecule has 1 fully saturated rings. The Morgan fingerprint density at radius 1 is 1.17 bits per heavy atom. The molecule has 2 bridgehead atoms. The third kappa shape index (κ3) is 3.63. The molecule has 0 aliphatic heterocycles. The van der Waals surface area contributed by atoms with Crippen LogP contribution in [-0.4, -0.2) is 46.5 Å². The number of rotatable bonds is 6. The van der Waals surface area contributed by atoms with E-state index >= 15 is 0 Å². The molecule has 0 spiro atoms. The van der Waals surface area contributed by atoms with Crippen LogP contribution in [0.15, 0.2) is 12.2 Å². The van der Waals surface area contributed by atoms with Crippen LogP contribution in [-0.2, 0) is 6.54 Å². The molecule has 1 aromatic rings. The second-order valence-electron chi connectivity index (χ2n) is 7.37. The zero-order chi connectivity index (χ0) is 16.6. The Morgan fingerprint density at radius 3 is 2.52 bits per heavy atom. The first kappa shape index (κ1) is 16.2. The predicted octanol–water partition coefficient (Wildman–Crippen LogP) is 1.94. The van der Waals surface area contributed by atoms with E-state index in [0.717, 1.165) is 36.7 Å². The monoisotopic (exact) mass is 316 g/mol. The molecule has 1 saturated carbocycles. The third-order valence-electron chi connectivity index (χ3n) is 5.05. The van der Waals surface area contributed by atoms with Crippen molar-refractivity contribution < 1.29 is 0 Å². The first-order valence-electron chi connectivity index (χ1n) is 8.52. The summed E-state index contributed by atoms with van der Waals surface area (Å²) < 4.78 is 0. The minimum Gasteiger partial charge on any atom is -0.368 e. The Balaban J connectivity index is 1.71. The number of nitrogens with zero attached hydrogens (tertiary/aromatic N) is 5. The Labute approximate surface area is 138 Å². The van der Waals surface area contributed by atoms with E-state index in [1.54, 1.807) is 0 Å². The Kier molecular flexibility index (Phi) is 4.53. The van der Waals surface area contributed by atoms with Crippen LogP contribution in [0.2, 0.25) is 0 Å². The van der Waals surface area contributed by atoms with Crippen molar-refractivity contribution in [3.05, 3.63) is 18.0 Å². The molecule has 0 saturated heterocycles. The van der Waals surface area contributed by atoms with Gasteiger partial charge in [0, 0.05) is 26.7 Å². The Morgan fingerprint density at radius 2 is 1.96 bits per heavy atom. The first-order valence-corrected chi connectivity index (χ1v) is 8.52. The predicted molar refractivity (Wildman–Crippen MR) is 93.0 cm³/mol. The summed E-state index contributed by atoms with van der Waals surface area (Å²) in [5.41, 5.74) is 5.85. The number of nitrogens with two attached hydrogens (primary N) is 1. The first-order chi connectivity index (χ1) is 10.9. The van der Waals surface area contributed by atoms with Crippen molar-refractivity contribution in [1.82, 2.24) is 19.9 Å². The van der Waals surface area contributed by atoms with E-state index in [1.165, 1.54) is 12.8 Å². The quantitative estimate of drug-likeness (QED) is 0.809. The van der Waals surface area contributed by atoms with Gasteiger partial charge in [-0.15, -0.1) is 0 Å². The van der Waals surface area contributed by atoms with E-state index in [0.29, 0.717) is 17.9 Å². The minimum atomic E-state index is 0.297. The Hall–Kier alpha value is -1.69. The van der Waals surface area contributed by atoms with Gasteiger partial charge in [0.05, 0.1) is 6.54 Å². The number of hydrogen-bond donors (Lipinski definition) is 1. The minimum absolute atomic E-state index is 0.297. The number of hydrogen-bond acceptors (Lipinski definition) is 6. The molecule has 126 valence electrons. The summed E-state index contributed by atoms with van der Waals surface area (Å²) in [6, 6.07) is 0.457. The summed E-state index contributed by atoms with van der Waals surface area (Å²) in [4.78, 5) is 17.4. The molecule has 0 radical (unpaired) electrons. The van der Waals surface area contributed by atoms with Crippen LogP contribution in [0.5, 0.6) is 0 Å². The molecule has 6 heteroatoms. The van der Waals surface area contributed by atoms with Crippen molar-refractivity contribution in [3.8, 4) is 0 Å². The lowest BCUT2D eigenvalue weighted by atomic mass is 9.92. The molecule has 3 rings (SSSR count). The fourth-order valence-corrected chi connectivity index (χ4v) is 3.74. The van der Waals surface area contributed by atoms with Crippen LogP contribution in [0.4, 0.5) is 11.9 Å². The average Bonchev–Trinajstić information content (AvgIpc) is 3.08. The van der Waals surface area contributed by atoms with Crippen molar-refractivity contribution >= 4 is 11.9 Å². The zero-order valence-corrected chi connectivity index (χ0v) is 14.6. The molecule has 6 nitrogen and oxygen atoms in total. The van der Waals surface area contributed by atoms with Crippen molar-refractivity contribution in [2.24, 2.45) is 17.8 Å². The van der Waals surface area contributed by atoms with Crippen LogP contribution in [0.3, 0.4) is 0 Å². The van der Waals surface area contributed by atoms with E-state index in [1.807, 2.05) is 19.0 Å². The van der Waals surface area contributed by atoms with Crippen molar-refractivity contribution in [2.75, 3.05) is 31.3 Å². The van der Waals surface area contributed by atoms with Gasteiger partial charge in [0.15, 0.2) is 0 Å². The molecular weight excluding hydrogens is 288 g/mol. The zero-order valence-electron chi connectivity index (χ0n) is 14.6. The van der Waals surface area contributed by atoms with E-state index < -0.39 is 0 Å². The molecule has 3 unspecified atom stereocenters. The van der Waals surface area contributed by atoms with E-state index in [-0.39, 0.29) is 0 Å². The molecule has 2 aliphatic rings. The van der Waals surface area contributed by atoms with Gasteiger partial charge in [-0.3, -0.25) is 4.90 Å². The van der Waals surface area contributed by atoms with Crippen molar-refractivity contribution in [1.29, 1.82) is 0 Å². The van der Waals surface area contributed by atoms with Crippen molar-refractivity contribution in [2.45, 2.75) is 39.3 Å². The van der Waals surface area contributed by atoms with Gasteiger partial charge in [0.1, 0.15) is 5.82 Å². The number of nitrogen functional groups attached to an aromatic ring is 1. The summed E-state index contributed by atoms with van der Waals surface area (Å²) in [6.07, 6.45) is 7.49. The maximum absolute atomic E-state index is 5.85. The van der Waals surface area contributed by atoms with E-state index in [2.05, 4.69) is 45.9 Å². The molecule has 1 heterocycles. The lowest BCUT2D eigenvalue weighted by Crippen LogP contribution is -2.36. The fourth-order valence-electron chi connectivity index (χ4n) is 3.74. The highest BCUT2D eigenvalue weighted by Crippen LogP contribution is 2.43. The van der Waals surface area contributed by atoms with E-state index in [4.69, 9.17) is 5.73 Å². The number of allylic oxidation sites excluding steroid dienone is 2. The normalized spacial score (nSPS) is 25.7. The average molecular weight is 316 g/mol. The van der Waals surface area contributed by atoms with Crippen LogP contribution in [0.25, 0.3) is 0 Å². The third-order valence-corrected chi connectivity index (χ3v) is 5.05. The number of aromatic nitrogens is 3. The van der Waals surface area contributed by atoms with Crippen LogP contribution in [0.1, 0.15) is 32.5 Å². The van der Waals surface area contributed by atoms with Gasteiger partial charge in [-0.1, -0.05) is 12.2 Å². The molecule has 2 aliphatic carbocycles. The van der Waals surface area contributed by atoms with Gasteiger partial charge in [-0.2, -0.15) is 15.0 Å². The summed E-state index contributed by atoms with van der Waals surface area (Å²) in [5.74, 6) is 4.02. The highest BCUT2D eigenvalue weighted by atomic mass is 15.3. The fraction of sp³-hybridized carbons (Fsp3) is 0.706. The molecule has 2 N–H and O–H groups in total. The molecule has 0 aromatic carbocycles. The lowest BCUT2D eigenvalue weighted by Gasteiger charge is -2.31. The van der Waals surface area contributed by atoms with Gasteiger partial charge in [-0.05, 0) is 44.4 Å². The van der Waals surface area contributed by atoms with Crippen LogP contribution < -0.4 is 10.6 Å². The highest BCUT2D eigenvalue weighted by Gasteiger charge is 2.36. The highest BCUT2D eigenvalue weighted by molar-refractivity contribution is 5.32. The number of anilines is 2.